The lowest BCUT2D eigenvalue weighted by atomic mass is 10.1. The predicted molar refractivity (Wildman–Crippen MR) is 86.0 cm³/mol. The molecule has 1 atom stereocenters. The van der Waals surface area contributed by atoms with Crippen LogP contribution in [0.2, 0.25) is 0 Å². The van der Waals surface area contributed by atoms with E-state index in [0.717, 1.165) is 50.5 Å². The number of aromatic nitrogens is 2. The van der Waals surface area contributed by atoms with E-state index in [1.807, 2.05) is 19.1 Å². The van der Waals surface area contributed by atoms with Crippen LogP contribution in [0.15, 0.2) is 12.1 Å². The Labute approximate surface area is 126 Å². The van der Waals surface area contributed by atoms with Gasteiger partial charge < -0.3 is 10.6 Å². The third kappa shape index (κ3) is 3.64. The van der Waals surface area contributed by atoms with Crippen LogP contribution < -0.4 is 10.6 Å². The number of nitrogens with two attached hydrogens (primary N) is 1. The first-order valence-electron chi connectivity index (χ1n) is 7.20. The molecule has 2 N–H and O–H groups in total. The summed E-state index contributed by atoms with van der Waals surface area (Å²) in [7, 11) is 0. The van der Waals surface area contributed by atoms with Crippen LogP contribution in [0.5, 0.6) is 0 Å². The Morgan fingerprint density at radius 3 is 2.50 bits per heavy atom. The van der Waals surface area contributed by atoms with Gasteiger partial charge in [-0.1, -0.05) is 25.6 Å². The minimum Gasteiger partial charge on any atom is -0.392 e. The van der Waals surface area contributed by atoms with E-state index < -0.39 is 0 Å². The fourth-order valence-electron chi connectivity index (χ4n) is 2.60. The van der Waals surface area contributed by atoms with Gasteiger partial charge in [0.15, 0.2) is 5.82 Å². The standard InChI is InChI=1S/C14H23N5S/c1-3-4-12(14(15)20)18-7-9-19(10-8-18)13-6-5-11(2)16-17-13/h5-6,12H,3-4,7-10H2,1-2H3,(H2,15,20). The van der Waals surface area contributed by atoms with Gasteiger partial charge >= 0.3 is 0 Å². The van der Waals surface area contributed by atoms with Crippen LogP contribution in [0.4, 0.5) is 5.82 Å². The summed E-state index contributed by atoms with van der Waals surface area (Å²) in [6.07, 6.45) is 2.14. The average molecular weight is 293 g/mol. The Hall–Kier alpha value is -1.27. The number of nitrogens with zero attached hydrogens (tertiary/aromatic N) is 4. The summed E-state index contributed by atoms with van der Waals surface area (Å²) in [5, 5.41) is 8.37. The smallest absolute Gasteiger partial charge is 0.151 e. The van der Waals surface area contributed by atoms with Gasteiger partial charge in [0.1, 0.15) is 0 Å². The van der Waals surface area contributed by atoms with E-state index in [9.17, 15) is 0 Å². The zero-order chi connectivity index (χ0) is 14.5. The second-order valence-corrected chi connectivity index (χ2v) is 5.73. The first kappa shape index (κ1) is 15.1. The Bertz CT molecular complexity index is 439. The highest BCUT2D eigenvalue weighted by Crippen LogP contribution is 2.16. The lowest BCUT2D eigenvalue weighted by Gasteiger charge is -2.39. The van der Waals surface area contributed by atoms with Gasteiger partial charge in [-0.2, -0.15) is 5.10 Å². The molecule has 2 heterocycles. The van der Waals surface area contributed by atoms with E-state index in [0.29, 0.717) is 4.99 Å². The molecule has 0 aliphatic carbocycles. The molecule has 1 aromatic heterocycles. The van der Waals surface area contributed by atoms with Crippen molar-refractivity contribution in [1.29, 1.82) is 0 Å². The Morgan fingerprint density at radius 1 is 1.30 bits per heavy atom. The van der Waals surface area contributed by atoms with E-state index in [2.05, 4.69) is 26.9 Å². The van der Waals surface area contributed by atoms with Crippen molar-refractivity contribution in [3.8, 4) is 0 Å². The van der Waals surface area contributed by atoms with Crippen LogP contribution >= 0.6 is 12.2 Å². The van der Waals surface area contributed by atoms with Crippen LogP contribution in [0.25, 0.3) is 0 Å². The van der Waals surface area contributed by atoms with Gasteiger partial charge in [0.25, 0.3) is 0 Å². The van der Waals surface area contributed by atoms with Gasteiger partial charge in [0, 0.05) is 26.2 Å². The SMILES string of the molecule is CCCC(C(N)=S)N1CCN(c2ccc(C)nn2)CC1. The average Bonchev–Trinajstić information content (AvgIpc) is 2.45. The summed E-state index contributed by atoms with van der Waals surface area (Å²) in [5.74, 6) is 0.956. The van der Waals surface area contributed by atoms with Crippen molar-refractivity contribution in [1.82, 2.24) is 15.1 Å². The normalized spacial score (nSPS) is 18.0. The number of piperazine rings is 1. The van der Waals surface area contributed by atoms with Crippen molar-refractivity contribution in [2.24, 2.45) is 5.73 Å². The summed E-state index contributed by atoms with van der Waals surface area (Å²) in [4.78, 5) is 5.28. The molecule has 1 fully saturated rings. The van der Waals surface area contributed by atoms with E-state index in [1.165, 1.54) is 0 Å². The van der Waals surface area contributed by atoms with Gasteiger partial charge in [-0.05, 0) is 25.5 Å². The molecule has 1 unspecified atom stereocenters. The molecule has 1 saturated heterocycles. The van der Waals surface area contributed by atoms with E-state index in [-0.39, 0.29) is 6.04 Å². The molecule has 1 aliphatic rings. The molecule has 0 amide bonds. The topological polar surface area (TPSA) is 58.3 Å². The molecular weight excluding hydrogens is 270 g/mol. The monoisotopic (exact) mass is 293 g/mol. The van der Waals surface area contributed by atoms with Crippen molar-refractivity contribution in [3.05, 3.63) is 17.8 Å². The highest BCUT2D eigenvalue weighted by Gasteiger charge is 2.25. The molecule has 0 radical (unpaired) electrons. The first-order chi connectivity index (χ1) is 9.61. The summed E-state index contributed by atoms with van der Waals surface area (Å²) >= 11 is 5.20. The molecule has 0 aromatic carbocycles. The lowest BCUT2D eigenvalue weighted by Crippen LogP contribution is -2.54. The molecule has 1 aliphatic heterocycles. The fraction of sp³-hybridized carbons (Fsp3) is 0.643. The van der Waals surface area contributed by atoms with Crippen molar-refractivity contribution in [2.75, 3.05) is 31.1 Å². The van der Waals surface area contributed by atoms with Crippen molar-refractivity contribution in [3.63, 3.8) is 0 Å². The third-order valence-electron chi connectivity index (χ3n) is 3.75. The number of hydrogen-bond donors (Lipinski definition) is 1. The highest BCUT2D eigenvalue weighted by atomic mass is 32.1. The zero-order valence-corrected chi connectivity index (χ0v) is 13.1. The molecule has 0 bridgehead atoms. The van der Waals surface area contributed by atoms with E-state index in [1.54, 1.807) is 0 Å². The Balaban J connectivity index is 1.94. The number of anilines is 1. The van der Waals surface area contributed by atoms with Gasteiger partial charge in [-0.25, -0.2) is 0 Å². The van der Waals surface area contributed by atoms with E-state index in [4.69, 9.17) is 18.0 Å². The number of aryl methyl sites for hydroxylation is 1. The number of thiocarbonyl (C=S) groups is 1. The molecule has 0 saturated carbocycles. The van der Waals surface area contributed by atoms with Gasteiger partial charge in [-0.3, -0.25) is 4.90 Å². The zero-order valence-electron chi connectivity index (χ0n) is 12.2. The molecule has 6 heteroatoms. The molecule has 110 valence electrons. The second-order valence-electron chi connectivity index (χ2n) is 5.26. The second kappa shape index (κ2) is 6.95. The summed E-state index contributed by atoms with van der Waals surface area (Å²) in [6.45, 7) is 7.95. The molecule has 0 spiro atoms. The maximum atomic E-state index is 5.87. The van der Waals surface area contributed by atoms with Crippen molar-refractivity contribution >= 4 is 23.0 Å². The van der Waals surface area contributed by atoms with Crippen LogP contribution in [0.1, 0.15) is 25.5 Å². The van der Waals surface area contributed by atoms with Gasteiger partial charge in [0.2, 0.25) is 0 Å². The maximum absolute atomic E-state index is 5.87. The minimum absolute atomic E-state index is 0.237. The quantitative estimate of drug-likeness (QED) is 0.827. The molecule has 1 aromatic rings. The lowest BCUT2D eigenvalue weighted by molar-refractivity contribution is 0.219. The van der Waals surface area contributed by atoms with Crippen LogP contribution in [0, 0.1) is 6.92 Å². The maximum Gasteiger partial charge on any atom is 0.151 e. The molecule has 5 nitrogen and oxygen atoms in total. The fourth-order valence-corrected chi connectivity index (χ4v) is 2.87. The first-order valence-corrected chi connectivity index (χ1v) is 7.61. The highest BCUT2D eigenvalue weighted by molar-refractivity contribution is 7.80. The Kier molecular flexibility index (Phi) is 5.25. The largest absolute Gasteiger partial charge is 0.392 e. The molecule has 20 heavy (non-hydrogen) atoms. The van der Waals surface area contributed by atoms with Crippen LogP contribution in [0.3, 0.4) is 0 Å². The van der Waals surface area contributed by atoms with E-state index >= 15 is 0 Å². The van der Waals surface area contributed by atoms with Crippen LogP contribution in [-0.2, 0) is 0 Å². The third-order valence-corrected chi connectivity index (χ3v) is 4.03. The Morgan fingerprint density at radius 2 is 2.00 bits per heavy atom. The number of rotatable bonds is 5. The number of hydrogen-bond acceptors (Lipinski definition) is 5. The summed E-state index contributed by atoms with van der Waals surface area (Å²) < 4.78 is 0. The summed E-state index contributed by atoms with van der Waals surface area (Å²) in [6, 6.07) is 4.28. The molecule has 2 rings (SSSR count). The van der Waals surface area contributed by atoms with Crippen molar-refractivity contribution in [2.45, 2.75) is 32.7 Å². The van der Waals surface area contributed by atoms with Gasteiger partial charge in [0.05, 0.1) is 16.7 Å². The van der Waals surface area contributed by atoms with Gasteiger partial charge in [-0.15, -0.1) is 5.10 Å². The summed E-state index contributed by atoms with van der Waals surface area (Å²) in [5.41, 5.74) is 6.82. The van der Waals surface area contributed by atoms with Crippen LogP contribution in [-0.4, -0.2) is 52.3 Å². The minimum atomic E-state index is 0.237. The predicted octanol–water partition coefficient (Wildman–Crippen LogP) is 1.36. The molecular formula is C14H23N5S. The van der Waals surface area contributed by atoms with Crippen molar-refractivity contribution < 1.29 is 0 Å².